The summed E-state index contributed by atoms with van der Waals surface area (Å²) >= 11 is 6.41. The Morgan fingerprint density at radius 1 is 1.29 bits per heavy atom. The summed E-state index contributed by atoms with van der Waals surface area (Å²) in [6.07, 6.45) is 3.00. The smallest absolute Gasteiger partial charge is 0.328 e. The summed E-state index contributed by atoms with van der Waals surface area (Å²) in [6, 6.07) is 5.65. The van der Waals surface area contributed by atoms with E-state index in [2.05, 4.69) is 27.1 Å². The van der Waals surface area contributed by atoms with E-state index in [0.29, 0.717) is 42.2 Å². The molecule has 1 aliphatic rings. The normalized spacial score (nSPS) is 19.1. The van der Waals surface area contributed by atoms with Gasteiger partial charge in [0, 0.05) is 44.9 Å². The molecule has 3 heterocycles. The van der Waals surface area contributed by atoms with Gasteiger partial charge in [0.05, 0.1) is 22.8 Å². The molecule has 1 aliphatic heterocycles. The van der Waals surface area contributed by atoms with Crippen LogP contribution in [0.4, 0.5) is 17.5 Å². The van der Waals surface area contributed by atoms with E-state index in [0.717, 1.165) is 29.7 Å². The van der Waals surface area contributed by atoms with Gasteiger partial charge in [-0.15, -0.1) is 0 Å². The van der Waals surface area contributed by atoms with Gasteiger partial charge >= 0.3 is 5.69 Å². The zero-order chi connectivity index (χ0) is 24.6. The molecule has 9 nitrogen and oxygen atoms in total. The maximum Gasteiger partial charge on any atom is 0.328 e. The predicted molar refractivity (Wildman–Crippen MR) is 135 cm³/mol. The van der Waals surface area contributed by atoms with Crippen molar-refractivity contribution in [2.24, 2.45) is 18.9 Å². The molecule has 10 heteroatoms. The van der Waals surface area contributed by atoms with Crippen LogP contribution in [0.2, 0.25) is 5.02 Å². The zero-order valence-electron chi connectivity index (χ0n) is 20.1. The van der Waals surface area contributed by atoms with Crippen molar-refractivity contribution in [1.82, 2.24) is 19.1 Å². The highest BCUT2D eigenvalue weighted by Gasteiger charge is 2.27. The van der Waals surface area contributed by atoms with Crippen LogP contribution in [0.15, 0.2) is 29.2 Å². The quantitative estimate of drug-likeness (QED) is 0.468. The van der Waals surface area contributed by atoms with Crippen molar-refractivity contribution in [3.63, 3.8) is 0 Å². The van der Waals surface area contributed by atoms with Crippen LogP contribution in [0.1, 0.15) is 33.6 Å². The molecule has 0 amide bonds. The monoisotopic (exact) mass is 488 g/mol. The molecule has 0 spiro atoms. The number of aryl methyl sites for hydroxylation is 2. The third-order valence-electron chi connectivity index (χ3n) is 6.72. The fraction of sp³-hybridized carbons (Fsp3) is 0.542. The number of nitrogens with one attached hydrogen (secondary N) is 1. The molecule has 4 rings (SSSR count). The minimum atomic E-state index is -0.871. The molecule has 0 bridgehead atoms. The highest BCUT2D eigenvalue weighted by atomic mass is 35.5. The van der Waals surface area contributed by atoms with Gasteiger partial charge in [0.1, 0.15) is 5.02 Å². The van der Waals surface area contributed by atoms with Gasteiger partial charge < -0.3 is 20.4 Å². The highest BCUT2D eigenvalue weighted by molar-refractivity contribution is 6.32. The molecular formula is C24H33ClN6O3. The first-order valence-corrected chi connectivity index (χ1v) is 12.0. The first-order chi connectivity index (χ1) is 16.1. The first kappa shape index (κ1) is 24.5. The SMILES string of the molecule is CC1CCN(c2ncc(Cl)c(Nc3ccc4c(c3)n(CCC(C)(C)O)c(=O)n4C)n2)CC1CO. The summed E-state index contributed by atoms with van der Waals surface area (Å²) in [7, 11) is 1.74. The zero-order valence-corrected chi connectivity index (χ0v) is 20.9. The van der Waals surface area contributed by atoms with Crippen molar-refractivity contribution in [3.8, 4) is 0 Å². The molecule has 1 aromatic carbocycles. The third kappa shape index (κ3) is 5.06. The Hall–Kier alpha value is -2.62. The standard InChI is InChI=1S/C24H33ClN6O3/c1-15-7-9-30(13-16(15)14-32)22-26-12-18(25)21(28-22)27-17-5-6-19-20(11-17)31(23(33)29(19)4)10-8-24(2,3)34/h5-6,11-12,15-16,32,34H,7-10,13-14H2,1-4H3,(H,26,27,28). The fourth-order valence-corrected chi connectivity index (χ4v) is 4.53. The lowest BCUT2D eigenvalue weighted by Crippen LogP contribution is -2.42. The molecule has 2 aromatic heterocycles. The van der Waals surface area contributed by atoms with E-state index in [9.17, 15) is 15.0 Å². The summed E-state index contributed by atoms with van der Waals surface area (Å²) in [4.78, 5) is 23.9. The number of aliphatic hydroxyl groups is 2. The van der Waals surface area contributed by atoms with Crippen molar-refractivity contribution in [1.29, 1.82) is 0 Å². The van der Waals surface area contributed by atoms with E-state index in [-0.39, 0.29) is 18.2 Å². The van der Waals surface area contributed by atoms with Crippen LogP contribution in [-0.2, 0) is 13.6 Å². The van der Waals surface area contributed by atoms with E-state index < -0.39 is 5.60 Å². The molecule has 1 saturated heterocycles. The van der Waals surface area contributed by atoms with Crippen molar-refractivity contribution >= 4 is 40.1 Å². The number of anilines is 3. The largest absolute Gasteiger partial charge is 0.396 e. The van der Waals surface area contributed by atoms with Crippen molar-refractivity contribution in [3.05, 3.63) is 39.9 Å². The molecule has 0 aliphatic carbocycles. The lowest BCUT2D eigenvalue weighted by molar-refractivity contribution is 0.0662. The van der Waals surface area contributed by atoms with Crippen molar-refractivity contribution < 1.29 is 10.2 Å². The lowest BCUT2D eigenvalue weighted by atomic mass is 9.88. The fourth-order valence-electron chi connectivity index (χ4n) is 4.39. The number of halogens is 1. The van der Waals surface area contributed by atoms with Crippen LogP contribution < -0.4 is 15.9 Å². The van der Waals surface area contributed by atoms with E-state index in [4.69, 9.17) is 11.6 Å². The lowest BCUT2D eigenvalue weighted by Gasteiger charge is -2.36. The van der Waals surface area contributed by atoms with E-state index >= 15 is 0 Å². The maximum atomic E-state index is 12.8. The average molecular weight is 489 g/mol. The predicted octanol–water partition coefficient (Wildman–Crippen LogP) is 3.14. The topological polar surface area (TPSA) is 108 Å². The van der Waals surface area contributed by atoms with Gasteiger partial charge in [-0.1, -0.05) is 18.5 Å². The summed E-state index contributed by atoms with van der Waals surface area (Å²) in [5.41, 5.74) is 1.31. The highest BCUT2D eigenvalue weighted by Crippen LogP contribution is 2.30. The van der Waals surface area contributed by atoms with Gasteiger partial charge in [0.25, 0.3) is 0 Å². The van der Waals surface area contributed by atoms with Crippen LogP contribution in [-0.4, -0.2) is 54.6 Å². The Balaban J connectivity index is 1.62. The Morgan fingerprint density at radius 2 is 2.06 bits per heavy atom. The number of aliphatic hydroxyl groups excluding tert-OH is 1. The minimum absolute atomic E-state index is 0.128. The molecule has 3 aromatic rings. The number of benzene rings is 1. The van der Waals surface area contributed by atoms with Crippen molar-refractivity contribution in [2.45, 2.75) is 45.8 Å². The molecule has 3 N–H and O–H groups in total. The van der Waals surface area contributed by atoms with Gasteiger partial charge in [0.2, 0.25) is 5.95 Å². The summed E-state index contributed by atoms with van der Waals surface area (Å²) in [6.45, 7) is 7.69. The van der Waals surface area contributed by atoms with Gasteiger partial charge in [-0.25, -0.2) is 9.78 Å². The third-order valence-corrected chi connectivity index (χ3v) is 6.99. The van der Waals surface area contributed by atoms with Crippen LogP contribution in [0.5, 0.6) is 0 Å². The van der Waals surface area contributed by atoms with E-state index in [1.54, 1.807) is 36.2 Å². The number of aromatic nitrogens is 4. The second-order valence-corrected chi connectivity index (χ2v) is 10.3. The molecule has 1 fully saturated rings. The Bertz CT molecular complexity index is 1230. The number of piperidine rings is 1. The Labute approximate surface area is 204 Å². The molecular weight excluding hydrogens is 456 g/mol. The maximum absolute atomic E-state index is 12.8. The molecule has 2 atom stereocenters. The number of hydrogen-bond donors (Lipinski definition) is 3. The Morgan fingerprint density at radius 3 is 2.76 bits per heavy atom. The average Bonchev–Trinajstić information content (AvgIpc) is 3.03. The number of imidazole rings is 1. The summed E-state index contributed by atoms with van der Waals surface area (Å²) < 4.78 is 3.28. The Kier molecular flexibility index (Phi) is 6.89. The van der Waals surface area contributed by atoms with Gasteiger partial charge in [-0.3, -0.25) is 9.13 Å². The molecule has 2 unspecified atom stereocenters. The van der Waals surface area contributed by atoms with Crippen molar-refractivity contribution in [2.75, 3.05) is 29.9 Å². The molecule has 0 radical (unpaired) electrons. The summed E-state index contributed by atoms with van der Waals surface area (Å²) in [5, 5.41) is 23.5. The van der Waals surface area contributed by atoms with E-state index in [1.165, 1.54) is 0 Å². The second-order valence-electron chi connectivity index (χ2n) is 9.91. The number of nitrogens with zero attached hydrogens (tertiary/aromatic N) is 5. The van der Waals surface area contributed by atoms with Crippen LogP contribution in [0.3, 0.4) is 0 Å². The van der Waals surface area contributed by atoms with Crippen LogP contribution in [0.25, 0.3) is 11.0 Å². The van der Waals surface area contributed by atoms with Gasteiger partial charge in [-0.05, 0) is 50.8 Å². The van der Waals surface area contributed by atoms with Crippen LogP contribution in [0, 0.1) is 11.8 Å². The summed E-state index contributed by atoms with van der Waals surface area (Å²) in [5.74, 6) is 1.69. The van der Waals surface area contributed by atoms with E-state index in [1.807, 2.05) is 18.2 Å². The van der Waals surface area contributed by atoms with Crippen LogP contribution >= 0.6 is 11.6 Å². The number of rotatable bonds is 7. The molecule has 34 heavy (non-hydrogen) atoms. The molecule has 184 valence electrons. The van der Waals surface area contributed by atoms with Gasteiger partial charge in [-0.2, -0.15) is 4.98 Å². The van der Waals surface area contributed by atoms with Gasteiger partial charge in [0.15, 0.2) is 5.82 Å². The second kappa shape index (κ2) is 9.56. The number of fused-ring (bicyclic) bond motifs is 1. The molecule has 0 saturated carbocycles. The first-order valence-electron chi connectivity index (χ1n) is 11.6. The number of hydrogen-bond acceptors (Lipinski definition) is 7. The minimum Gasteiger partial charge on any atom is -0.396 e.